The van der Waals surface area contributed by atoms with Gasteiger partial charge in [-0.15, -0.1) is 0 Å². The third kappa shape index (κ3) is 2.88. The smallest absolute Gasteiger partial charge is 0.231 e. The molecule has 0 aliphatic carbocycles. The van der Waals surface area contributed by atoms with Crippen molar-refractivity contribution >= 4 is 0 Å². The number of pyridine rings is 1. The van der Waals surface area contributed by atoms with Crippen molar-refractivity contribution in [3.05, 3.63) is 29.3 Å². The van der Waals surface area contributed by atoms with Crippen molar-refractivity contribution in [1.29, 1.82) is 0 Å². The first kappa shape index (κ1) is 14.7. The minimum atomic E-state index is 0.178. The van der Waals surface area contributed by atoms with E-state index in [0.29, 0.717) is 17.8 Å². The van der Waals surface area contributed by atoms with E-state index in [2.05, 4.69) is 40.4 Å². The van der Waals surface area contributed by atoms with Crippen molar-refractivity contribution < 1.29 is 4.52 Å². The van der Waals surface area contributed by atoms with Crippen LogP contribution in [-0.2, 0) is 0 Å². The second kappa shape index (κ2) is 6.13. The summed E-state index contributed by atoms with van der Waals surface area (Å²) in [6.45, 7) is 8.27. The van der Waals surface area contributed by atoms with Crippen molar-refractivity contribution in [3.63, 3.8) is 0 Å². The SMILES string of the molecule is CCC(NC)C(C)c1nc(-c2ncc(C)cc2C)no1. The summed E-state index contributed by atoms with van der Waals surface area (Å²) in [4.78, 5) is 8.91. The molecule has 0 aromatic carbocycles. The van der Waals surface area contributed by atoms with Crippen LogP contribution < -0.4 is 5.32 Å². The van der Waals surface area contributed by atoms with Gasteiger partial charge < -0.3 is 9.84 Å². The zero-order chi connectivity index (χ0) is 14.7. The summed E-state index contributed by atoms with van der Waals surface area (Å²) in [7, 11) is 1.95. The highest BCUT2D eigenvalue weighted by molar-refractivity contribution is 5.54. The number of hydrogen-bond acceptors (Lipinski definition) is 5. The highest BCUT2D eigenvalue weighted by atomic mass is 16.5. The fourth-order valence-corrected chi connectivity index (χ4v) is 2.45. The van der Waals surface area contributed by atoms with Crippen LogP contribution in [0.15, 0.2) is 16.8 Å². The lowest BCUT2D eigenvalue weighted by atomic mass is 10.00. The third-order valence-electron chi connectivity index (χ3n) is 3.67. The lowest BCUT2D eigenvalue weighted by Crippen LogP contribution is -2.30. The van der Waals surface area contributed by atoms with Crippen LogP contribution in [0.5, 0.6) is 0 Å². The molecule has 2 unspecified atom stereocenters. The monoisotopic (exact) mass is 274 g/mol. The van der Waals surface area contributed by atoms with Crippen LogP contribution >= 0.6 is 0 Å². The molecule has 5 nitrogen and oxygen atoms in total. The first-order valence-corrected chi connectivity index (χ1v) is 7.01. The van der Waals surface area contributed by atoms with E-state index in [1.807, 2.05) is 27.1 Å². The topological polar surface area (TPSA) is 63.8 Å². The number of aromatic nitrogens is 3. The minimum Gasteiger partial charge on any atom is -0.339 e. The number of nitrogens with zero attached hydrogens (tertiary/aromatic N) is 3. The third-order valence-corrected chi connectivity index (χ3v) is 3.67. The van der Waals surface area contributed by atoms with E-state index in [9.17, 15) is 0 Å². The molecule has 0 radical (unpaired) electrons. The van der Waals surface area contributed by atoms with E-state index < -0.39 is 0 Å². The minimum absolute atomic E-state index is 0.178. The molecule has 0 spiro atoms. The maximum absolute atomic E-state index is 5.41. The number of likely N-dealkylation sites (N-methyl/N-ethyl adjacent to an activating group) is 1. The largest absolute Gasteiger partial charge is 0.339 e. The Balaban J connectivity index is 2.28. The molecule has 0 saturated carbocycles. The molecule has 0 amide bonds. The Morgan fingerprint density at radius 2 is 2.10 bits per heavy atom. The molecule has 0 aliphatic rings. The van der Waals surface area contributed by atoms with E-state index in [-0.39, 0.29) is 5.92 Å². The van der Waals surface area contributed by atoms with E-state index in [4.69, 9.17) is 4.52 Å². The van der Waals surface area contributed by atoms with Crippen molar-refractivity contribution in [2.24, 2.45) is 0 Å². The van der Waals surface area contributed by atoms with Crippen LogP contribution in [-0.4, -0.2) is 28.2 Å². The van der Waals surface area contributed by atoms with Crippen LogP contribution in [0.4, 0.5) is 0 Å². The van der Waals surface area contributed by atoms with Crippen LogP contribution in [0.2, 0.25) is 0 Å². The Morgan fingerprint density at radius 3 is 2.70 bits per heavy atom. The second-order valence-corrected chi connectivity index (χ2v) is 5.23. The van der Waals surface area contributed by atoms with E-state index in [1.54, 1.807) is 0 Å². The molecule has 0 saturated heterocycles. The zero-order valence-electron chi connectivity index (χ0n) is 12.8. The Morgan fingerprint density at radius 1 is 1.35 bits per heavy atom. The zero-order valence-corrected chi connectivity index (χ0v) is 12.8. The number of aryl methyl sites for hydroxylation is 2. The number of nitrogens with one attached hydrogen (secondary N) is 1. The van der Waals surface area contributed by atoms with Crippen molar-refractivity contribution in [3.8, 4) is 11.5 Å². The summed E-state index contributed by atoms with van der Waals surface area (Å²) in [6.07, 6.45) is 2.83. The fourth-order valence-electron chi connectivity index (χ4n) is 2.45. The molecule has 0 fully saturated rings. The Kier molecular flexibility index (Phi) is 4.49. The maximum Gasteiger partial charge on any atom is 0.231 e. The normalized spacial score (nSPS) is 14.2. The molecule has 2 aromatic rings. The average Bonchev–Trinajstić information content (AvgIpc) is 2.89. The van der Waals surface area contributed by atoms with Gasteiger partial charge in [0, 0.05) is 12.2 Å². The van der Waals surface area contributed by atoms with Gasteiger partial charge >= 0.3 is 0 Å². The Hall–Kier alpha value is -1.75. The molecule has 2 heterocycles. The predicted molar refractivity (Wildman–Crippen MR) is 78.6 cm³/mol. The molecule has 20 heavy (non-hydrogen) atoms. The number of rotatable bonds is 5. The molecule has 2 atom stereocenters. The van der Waals surface area contributed by atoms with Crippen LogP contribution in [0.3, 0.4) is 0 Å². The number of hydrogen-bond donors (Lipinski definition) is 1. The van der Waals surface area contributed by atoms with Gasteiger partial charge in [0.15, 0.2) is 0 Å². The van der Waals surface area contributed by atoms with Crippen LogP contribution in [0.1, 0.15) is 43.2 Å². The lowest BCUT2D eigenvalue weighted by molar-refractivity contribution is 0.326. The summed E-state index contributed by atoms with van der Waals surface area (Å²) < 4.78 is 5.41. The lowest BCUT2D eigenvalue weighted by Gasteiger charge is -2.18. The quantitative estimate of drug-likeness (QED) is 0.908. The first-order chi connectivity index (χ1) is 9.56. The van der Waals surface area contributed by atoms with E-state index in [0.717, 1.165) is 23.2 Å². The van der Waals surface area contributed by atoms with E-state index >= 15 is 0 Å². The Bertz CT molecular complexity index is 575. The molecule has 1 N–H and O–H groups in total. The van der Waals surface area contributed by atoms with Gasteiger partial charge in [-0.25, -0.2) is 0 Å². The summed E-state index contributed by atoms with van der Waals surface area (Å²) in [5.41, 5.74) is 2.98. The standard InChI is InChI=1S/C15H22N4O/c1-6-12(16-5)11(4)15-18-14(19-20-15)13-10(3)7-9(2)8-17-13/h7-8,11-12,16H,6H2,1-5H3. The van der Waals surface area contributed by atoms with Crippen molar-refractivity contribution in [1.82, 2.24) is 20.4 Å². The van der Waals surface area contributed by atoms with Gasteiger partial charge in [-0.05, 0) is 38.4 Å². The van der Waals surface area contributed by atoms with Gasteiger partial charge in [0.25, 0.3) is 0 Å². The molecular formula is C15H22N4O. The van der Waals surface area contributed by atoms with Crippen molar-refractivity contribution in [2.75, 3.05) is 7.05 Å². The van der Waals surface area contributed by atoms with Gasteiger partial charge in [-0.3, -0.25) is 4.98 Å². The van der Waals surface area contributed by atoms with Gasteiger partial charge in [0.2, 0.25) is 11.7 Å². The summed E-state index contributed by atoms with van der Waals surface area (Å²) in [6, 6.07) is 2.40. The summed E-state index contributed by atoms with van der Waals surface area (Å²) in [5, 5.41) is 7.35. The molecule has 108 valence electrons. The first-order valence-electron chi connectivity index (χ1n) is 7.01. The van der Waals surface area contributed by atoms with Crippen LogP contribution in [0, 0.1) is 13.8 Å². The summed E-state index contributed by atoms with van der Waals surface area (Å²) >= 11 is 0. The van der Waals surface area contributed by atoms with Crippen molar-refractivity contribution in [2.45, 2.75) is 46.1 Å². The molecule has 0 aliphatic heterocycles. The maximum atomic E-state index is 5.41. The van der Waals surface area contributed by atoms with Gasteiger partial charge in [-0.1, -0.05) is 25.1 Å². The fraction of sp³-hybridized carbons (Fsp3) is 0.533. The van der Waals surface area contributed by atoms with Gasteiger partial charge in [0.1, 0.15) is 5.69 Å². The van der Waals surface area contributed by atoms with Gasteiger partial charge in [0.05, 0.1) is 5.92 Å². The molecule has 0 bridgehead atoms. The average molecular weight is 274 g/mol. The summed E-state index contributed by atoms with van der Waals surface area (Å²) in [5.74, 6) is 1.40. The highest BCUT2D eigenvalue weighted by Gasteiger charge is 2.22. The van der Waals surface area contributed by atoms with Crippen LogP contribution in [0.25, 0.3) is 11.5 Å². The highest BCUT2D eigenvalue weighted by Crippen LogP contribution is 2.24. The molecule has 2 aromatic heterocycles. The molecule has 2 rings (SSSR count). The molecule has 5 heteroatoms. The predicted octanol–water partition coefficient (Wildman–Crippen LogP) is 2.85. The second-order valence-electron chi connectivity index (χ2n) is 5.23. The van der Waals surface area contributed by atoms with Gasteiger partial charge in [-0.2, -0.15) is 4.98 Å². The van der Waals surface area contributed by atoms with E-state index in [1.165, 1.54) is 0 Å². The molecular weight excluding hydrogens is 252 g/mol. The Labute approximate surface area is 119 Å².